The average molecular weight is 252 g/mol. The van der Waals surface area contributed by atoms with Crippen LogP contribution in [0.4, 0.5) is 0 Å². The number of carbonyl (C=O) groups excluding carboxylic acids is 1. The van der Waals surface area contributed by atoms with Gasteiger partial charge >= 0.3 is 5.97 Å². The molecule has 0 fully saturated rings. The summed E-state index contributed by atoms with van der Waals surface area (Å²) in [5.41, 5.74) is 0.550. The van der Waals surface area contributed by atoms with Crippen LogP contribution < -0.4 is 0 Å². The van der Waals surface area contributed by atoms with Crippen LogP contribution in [0.2, 0.25) is 0 Å². The highest BCUT2D eigenvalue weighted by Crippen LogP contribution is 2.05. The zero-order valence-corrected chi connectivity index (χ0v) is 11.1. The molecule has 0 bridgehead atoms. The van der Waals surface area contributed by atoms with E-state index < -0.39 is 0 Å². The molecule has 0 spiro atoms. The second-order valence-electron chi connectivity index (χ2n) is 4.18. The number of ether oxygens (including phenoxy) is 3. The van der Waals surface area contributed by atoms with Gasteiger partial charge in [0.15, 0.2) is 0 Å². The van der Waals surface area contributed by atoms with Gasteiger partial charge in [-0.3, -0.25) is 0 Å². The van der Waals surface area contributed by atoms with E-state index in [9.17, 15) is 4.79 Å². The van der Waals surface area contributed by atoms with Gasteiger partial charge in [0.1, 0.15) is 6.10 Å². The van der Waals surface area contributed by atoms with Crippen LogP contribution in [0.3, 0.4) is 0 Å². The third kappa shape index (κ3) is 5.29. The summed E-state index contributed by atoms with van der Waals surface area (Å²) >= 11 is 0. The van der Waals surface area contributed by atoms with Crippen molar-refractivity contribution in [1.82, 2.24) is 0 Å². The number of carbonyl (C=O) groups is 1. The monoisotopic (exact) mass is 252 g/mol. The van der Waals surface area contributed by atoms with Crippen molar-refractivity contribution in [2.24, 2.45) is 0 Å². The maximum Gasteiger partial charge on any atom is 0.338 e. The van der Waals surface area contributed by atoms with Crippen LogP contribution in [0, 0.1) is 0 Å². The van der Waals surface area contributed by atoms with E-state index in [-0.39, 0.29) is 18.2 Å². The fraction of sp³-hybridized carbons (Fsp3) is 0.500. The summed E-state index contributed by atoms with van der Waals surface area (Å²) in [4.78, 5) is 11.7. The molecule has 0 amide bonds. The van der Waals surface area contributed by atoms with Crippen molar-refractivity contribution in [2.45, 2.75) is 26.1 Å². The van der Waals surface area contributed by atoms with E-state index in [2.05, 4.69) is 0 Å². The van der Waals surface area contributed by atoms with Gasteiger partial charge in [-0.2, -0.15) is 0 Å². The summed E-state index contributed by atoms with van der Waals surface area (Å²) in [6, 6.07) is 8.92. The molecule has 0 aliphatic heterocycles. The van der Waals surface area contributed by atoms with Crippen LogP contribution in [0.15, 0.2) is 30.3 Å². The summed E-state index contributed by atoms with van der Waals surface area (Å²) in [6.45, 7) is 4.61. The highest BCUT2D eigenvalue weighted by molar-refractivity contribution is 5.89. The highest BCUT2D eigenvalue weighted by Gasteiger charge is 2.12. The molecule has 18 heavy (non-hydrogen) atoms. The minimum absolute atomic E-state index is 0.00660. The van der Waals surface area contributed by atoms with E-state index in [1.165, 1.54) is 0 Å². The fourth-order valence-electron chi connectivity index (χ4n) is 1.44. The van der Waals surface area contributed by atoms with Crippen molar-refractivity contribution in [1.29, 1.82) is 0 Å². The molecule has 0 saturated carbocycles. The van der Waals surface area contributed by atoms with Crippen molar-refractivity contribution in [3.8, 4) is 0 Å². The Morgan fingerprint density at radius 2 is 1.78 bits per heavy atom. The van der Waals surface area contributed by atoms with Crippen LogP contribution in [-0.2, 0) is 14.2 Å². The number of rotatable bonds is 7. The number of methoxy groups -OCH3 is 1. The third-order valence-electron chi connectivity index (χ3n) is 2.33. The first kappa shape index (κ1) is 14.7. The van der Waals surface area contributed by atoms with Crippen LogP contribution >= 0.6 is 0 Å². The van der Waals surface area contributed by atoms with E-state index in [1.54, 1.807) is 38.3 Å². The van der Waals surface area contributed by atoms with Gasteiger partial charge in [-0.15, -0.1) is 0 Å². The highest BCUT2D eigenvalue weighted by atomic mass is 16.6. The predicted molar refractivity (Wildman–Crippen MR) is 68.6 cm³/mol. The van der Waals surface area contributed by atoms with E-state index in [1.807, 2.05) is 13.0 Å². The van der Waals surface area contributed by atoms with E-state index in [0.717, 1.165) is 0 Å². The lowest BCUT2D eigenvalue weighted by molar-refractivity contribution is -0.0383. The van der Waals surface area contributed by atoms with Crippen LogP contribution in [-0.4, -0.2) is 38.5 Å². The van der Waals surface area contributed by atoms with Crippen LogP contribution in [0.1, 0.15) is 24.2 Å². The van der Waals surface area contributed by atoms with Gasteiger partial charge in [-0.25, -0.2) is 4.79 Å². The van der Waals surface area contributed by atoms with Crippen LogP contribution in [0.25, 0.3) is 0 Å². The molecule has 1 aromatic carbocycles. The minimum Gasteiger partial charge on any atom is -0.457 e. The van der Waals surface area contributed by atoms with Gasteiger partial charge in [-0.05, 0) is 26.0 Å². The Hall–Kier alpha value is -1.39. The first-order valence-electron chi connectivity index (χ1n) is 6.00. The Bertz CT molecular complexity index is 350. The Kier molecular flexibility index (Phi) is 6.39. The molecule has 0 radical (unpaired) electrons. The first-order valence-corrected chi connectivity index (χ1v) is 6.00. The van der Waals surface area contributed by atoms with Gasteiger partial charge in [0.2, 0.25) is 0 Å². The van der Waals surface area contributed by atoms with Gasteiger partial charge in [0, 0.05) is 7.11 Å². The van der Waals surface area contributed by atoms with Gasteiger partial charge in [0.25, 0.3) is 0 Å². The predicted octanol–water partition coefficient (Wildman–Crippen LogP) is 2.28. The lowest BCUT2D eigenvalue weighted by Gasteiger charge is -2.17. The normalized spacial score (nSPS) is 13.9. The lowest BCUT2D eigenvalue weighted by Crippen LogP contribution is -2.25. The topological polar surface area (TPSA) is 44.8 Å². The van der Waals surface area contributed by atoms with Crippen molar-refractivity contribution in [3.05, 3.63) is 35.9 Å². The molecule has 100 valence electrons. The molecule has 2 unspecified atom stereocenters. The summed E-state index contributed by atoms with van der Waals surface area (Å²) < 4.78 is 15.7. The molecular formula is C14H20O4. The number of hydrogen-bond donors (Lipinski definition) is 0. The van der Waals surface area contributed by atoms with Gasteiger partial charge < -0.3 is 14.2 Å². The molecule has 1 rings (SSSR count). The van der Waals surface area contributed by atoms with E-state index in [0.29, 0.717) is 18.8 Å². The Morgan fingerprint density at radius 1 is 1.11 bits per heavy atom. The molecule has 4 nitrogen and oxygen atoms in total. The Labute approximate surface area is 108 Å². The molecule has 0 aliphatic rings. The molecular weight excluding hydrogens is 232 g/mol. The third-order valence-corrected chi connectivity index (χ3v) is 2.33. The molecule has 0 saturated heterocycles. The maximum atomic E-state index is 11.7. The summed E-state index contributed by atoms with van der Waals surface area (Å²) in [5, 5.41) is 0. The smallest absolute Gasteiger partial charge is 0.338 e. The first-order chi connectivity index (χ1) is 8.63. The quantitative estimate of drug-likeness (QED) is 0.698. The van der Waals surface area contributed by atoms with E-state index in [4.69, 9.17) is 14.2 Å². The maximum absolute atomic E-state index is 11.7. The number of benzene rings is 1. The van der Waals surface area contributed by atoms with Crippen LogP contribution in [0.5, 0.6) is 0 Å². The average Bonchev–Trinajstić information content (AvgIpc) is 2.38. The lowest BCUT2D eigenvalue weighted by atomic mass is 10.2. The molecule has 0 heterocycles. The SMILES string of the molecule is COCC(C)OCC(C)OC(=O)c1ccccc1. The molecule has 0 N–H and O–H groups in total. The summed E-state index contributed by atoms with van der Waals surface area (Å²) in [6.07, 6.45) is -0.287. The van der Waals surface area contributed by atoms with E-state index >= 15 is 0 Å². The fourth-order valence-corrected chi connectivity index (χ4v) is 1.44. The minimum atomic E-state index is -0.328. The molecule has 2 atom stereocenters. The molecule has 4 heteroatoms. The number of hydrogen-bond acceptors (Lipinski definition) is 4. The largest absolute Gasteiger partial charge is 0.457 e. The van der Waals surface area contributed by atoms with Gasteiger partial charge in [-0.1, -0.05) is 18.2 Å². The van der Waals surface area contributed by atoms with Crippen molar-refractivity contribution in [2.75, 3.05) is 20.3 Å². The summed E-state index contributed by atoms with van der Waals surface area (Å²) in [7, 11) is 1.62. The van der Waals surface area contributed by atoms with Crippen molar-refractivity contribution >= 4 is 5.97 Å². The zero-order chi connectivity index (χ0) is 13.4. The second-order valence-corrected chi connectivity index (χ2v) is 4.18. The van der Waals surface area contributed by atoms with Crippen molar-refractivity contribution in [3.63, 3.8) is 0 Å². The molecule has 1 aromatic rings. The van der Waals surface area contributed by atoms with Gasteiger partial charge in [0.05, 0.1) is 24.9 Å². The molecule has 0 aromatic heterocycles. The zero-order valence-electron chi connectivity index (χ0n) is 11.1. The Balaban J connectivity index is 2.32. The number of esters is 1. The molecule has 0 aliphatic carbocycles. The second kappa shape index (κ2) is 7.84. The standard InChI is InChI=1S/C14H20O4/c1-11(9-16-3)17-10-12(2)18-14(15)13-7-5-4-6-8-13/h4-8,11-12H,9-10H2,1-3H3. The van der Waals surface area contributed by atoms with Crippen molar-refractivity contribution < 1.29 is 19.0 Å². The Morgan fingerprint density at radius 3 is 2.39 bits per heavy atom. The summed E-state index contributed by atoms with van der Waals surface area (Å²) in [5.74, 6) is -0.328.